The largest absolute Gasteiger partial charge is 0.325 e. The molecule has 3 rings (SSSR count). The zero-order valence-electron chi connectivity index (χ0n) is 18.3. The molecule has 3 aromatic rings. The van der Waals surface area contributed by atoms with E-state index in [9.17, 15) is 13.7 Å². The van der Waals surface area contributed by atoms with Crippen molar-refractivity contribution in [3.05, 3.63) is 84.6 Å². The summed E-state index contributed by atoms with van der Waals surface area (Å²) in [6.45, 7) is 11.7. The van der Waals surface area contributed by atoms with Crippen molar-refractivity contribution >= 4 is 15.7 Å². The summed E-state index contributed by atoms with van der Waals surface area (Å²) in [5, 5.41) is 10.1. The number of benzene rings is 2. The van der Waals surface area contributed by atoms with Gasteiger partial charge in [0, 0.05) is 5.54 Å². The molecule has 2 aromatic carbocycles. The maximum Gasteiger partial charge on any atom is 0.264 e. The quantitative estimate of drug-likeness (QED) is 0.484. The van der Waals surface area contributed by atoms with Gasteiger partial charge in [0.15, 0.2) is 0 Å². The van der Waals surface area contributed by atoms with Crippen molar-refractivity contribution in [1.29, 1.82) is 5.26 Å². The van der Waals surface area contributed by atoms with E-state index in [0.717, 1.165) is 16.8 Å². The zero-order valence-corrected chi connectivity index (χ0v) is 19.1. The topological polar surface area (TPSA) is 66.1 Å². The fraction of sp³-hybridized carbons (Fsp3) is 0.240. The lowest BCUT2D eigenvalue weighted by atomic mass is 10.1. The first-order chi connectivity index (χ1) is 14.6. The van der Waals surface area contributed by atoms with Gasteiger partial charge >= 0.3 is 0 Å². The van der Waals surface area contributed by atoms with E-state index in [1.54, 1.807) is 30.3 Å². The van der Waals surface area contributed by atoms with Crippen molar-refractivity contribution in [1.82, 2.24) is 4.57 Å². The molecule has 0 saturated carbocycles. The minimum atomic E-state index is -3.90. The number of rotatable bonds is 6. The van der Waals surface area contributed by atoms with Gasteiger partial charge in [0.1, 0.15) is 11.8 Å². The minimum Gasteiger partial charge on any atom is -0.325 e. The highest BCUT2D eigenvalue weighted by molar-refractivity contribution is 7.92. The van der Waals surface area contributed by atoms with Gasteiger partial charge in [0.05, 0.1) is 22.8 Å². The van der Waals surface area contributed by atoms with Crippen LogP contribution in [0.1, 0.15) is 32.0 Å². The molecule has 6 heteroatoms. The number of nitriles is 1. The number of anilines is 1. The Labute approximate surface area is 184 Å². The van der Waals surface area contributed by atoms with E-state index in [2.05, 4.69) is 12.6 Å². The molecule has 0 aliphatic carbocycles. The fourth-order valence-corrected chi connectivity index (χ4v) is 5.03. The van der Waals surface area contributed by atoms with Gasteiger partial charge in [0.2, 0.25) is 0 Å². The van der Waals surface area contributed by atoms with E-state index in [0.29, 0.717) is 11.4 Å². The van der Waals surface area contributed by atoms with E-state index < -0.39 is 15.6 Å². The number of hydrogen-bond acceptors (Lipinski definition) is 3. The average molecular weight is 434 g/mol. The molecule has 0 N–H and O–H groups in total. The molecule has 0 fully saturated rings. The second-order valence-electron chi connectivity index (χ2n) is 8.39. The van der Waals surface area contributed by atoms with Crippen LogP contribution in [-0.2, 0) is 15.6 Å². The van der Waals surface area contributed by atoms with E-state index in [1.165, 1.54) is 10.4 Å². The molecule has 0 bridgehead atoms. The fourth-order valence-electron chi connectivity index (χ4n) is 3.59. The maximum atomic E-state index is 13.6. The van der Waals surface area contributed by atoms with Crippen LogP contribution in [0.2, 0.25) is 0 Å². The molecule has 0 saturated heterocycles. The van der Waals surface area contributed by atoms with E-state index in [-0.39, 0.29) is 11.4 Å². The number of aromatic nitrogens is 1. The van der Waals surface area contributed by atoms with Crippen molar-refractivity contribution in [2.75, 3.05) is 10.8 Å². The molecular weight excluding hydrogens is 406 g/mol. The molecule has 0 aliphatic rings. The molecule has 1 heterocycles. The van der Waals surface area contributed by atoms with Crippen molar-refractivity contribution in [3.63, 3.8) is 0 Å². The van der Waals surface area contributed by atoms with Gasteiger partial charge in [0.25, 0.3) is 10.0 Å². The number of nitrogens with zero attached hydrogens (tertiary/aromatic N) is 3. The molecule has 5 nitrogen and oxygen atoms in total. The molecule has 0 amide bonds. The molecule has 0 aliphatic heterocycles. The highest BCUT2D eigenvalue weighted by Gasteiger charge is 2.32. The Hall–Kier alpha value is -3.30. The lowest BCUT2D eigenvalue weighted by molar-refractivity contribution is 0.399. The Kier molecular flexibility index (Phi) is 6.10. The summed E-state index contributed by atoms with van der Waals surface area (Å²) >= 11 is 0. The molecular formula is C25H27N3O2S. The van der Waals surface area contributed by atoms with E-state index >= 15 is 0 Å². The minimum absolute atomic E-state index is 0.0489. The Morgan fingerprint density at radius 3 is 2.23 bits per heavy atom. The van der Waals surface area contributed by atoms with Crippen molar-refractivity contribution in [2.24, 2.45) is 0 Å². The summed E-state index contributed by atoms with van der Waals surface area (Å²) in [5.74, 6) is 0. The van der Waals surface area contributed by atoms with Crippen LogP contribution in [0.25, 0.3) is 11.3 Å². The molecule has 0 radical (unpaired) electrons. The monoisotopic (exact) mass is 433 g/mol. The van der Waals surface area contributed by atoms with Gasteiger partial charge in [-0.2, -0.15) is 5.26 Å². The molecule has 160 valence electrons. The van der Waals surface area contributed by atoms with Crippen LogP contribution >= 0.6 is 0 Å². The summed E-state index contributed by atoms with van der Waals surface area (Å²) < 4.78 is 30.3. The first-order valence-electron chi connectivity index (χ1n) is 10.0. The van der Waals surface area contributed by atoms with Crippen LogP contribution in [0, 0.1) is 18.3 Å². The van der Waals surface area contributed by atoms with Crippen molar-refractivity contribution in [2.45, 2.75) is 38.1 Å². The standard InChI is InChI=1S/C25H27N3O2S/c1-6-16-27(31(29,30)21-14-12-19(2)13-15-21)23-17-22(20-10-8-7-9-11-20)28(24(23)18-26)25(3,4)5/h6-15,17H,1,16H2,2-5H3. The summed E-state index contributed by atoms with van der Waals surface area (Å²) in [4.78, 5) is 0.175. The number of aryl methyl sites for hydroxylation is 1. The molecule has 31 heavy (non-hydrogen) atoms. The second kappa shape index (κ2) is 8.44. The van der Waals surface area contributed by atoms with Crippen LogP contribution in [0.4, 0.5) is 5.69 Å². The molecule has 0 atom stereocenters. The second-order valence-corrected chi connectivity index (χ2v) is 10.2. The maximum absolute atomic E-state index is 13.6. The summed E-state index contributed by atoms with van der Waals surface area (Å²) in [6, 6.07) is 20.4. The lowest BCUT2D eigenvalue weighted by Crippen LogP contribution is -2.32. The van der Waals surface area contributed by atoms with Gasteiger partial charge in [-0.1, -0.05) is 54.1 Å². The number of hydrogen-bond donors (Lipinski definition) is 0. The summed E-state index contributed by atoms with van der Waals surface area (Å²) in [6.07, 6.45) is 1.53. The average Bonchev–Trinajstić information content (AvgIpc) is 3.12. The lowest BCUT2D eigenvalue weighted by Gasteiger charge is -2.27. The summed E-state index contributed by atoms with van der Waals surface area (Å²) in [5.41, 5.74) is 2.86. The highest BCUT2D eigenvalue weighted by Crippen LogP contribution is 2.38. The van der Waals surface area contributed by atoms with Gasteiger partial charge in [-0.05, 0) is 51.5 Å². The van der Waals surface area contributed by atoms with Crippen molar-refractivity contribution < 1.29 is 8.42 Å². The predicted molar refractivity (Wildman–Crippen MR) is 125 cm³/mol. The molecule has 1 aromatic heterocycles. The third-order valence-electron chi connectivity index (χ3n) is 5.00. The molecule has 0 unspecified atom stereocenters. The van der Waals surface area contributed by atoms with E-state index in [4.69, 9.17) is 0 Å². The third-order valence-corrected chi connectivity index (χ3v) is 6.79. The van der Waals surface area contributed by atoms with Crippen LogP contribution in [-0.4, -0.2) is 19.5 Å². The van der Waals surface area contributed by atoms with Crippen LogP contribution in [0.5, 0.6) is 0 Å². The SMILES string of the molecule is C=CCN(c1cc(-c2ccccc2)n(C(C)(C)C)c1C#N)S(=O)(=O)c1ccc(C)cc1. The van der Waals surface area contributed by atoms with Gasteiger partial charge in [-0.15, -0.1) is 6.58 Å². The summed E-state index contributed by atoms with van der Waals surface area (Å²) in [7, 11) is -3.90. The number of sulfonamides is 1. The van der Waals surface area contributed by atoms with Crippen LogP contribution in [0.15, 0.2) is 78.2 Å². The Balaban J connectivity index is 2.31. The Bertz CT molecular complexity index is 1230. The highest BCUT2D eigenvalue weighted by atomic mass is 32.2. The third kappa shape index (κ3) is 4.28. The Morgan fingerprint density at radius 2 is 1.71 bits per heavy atom. The van der Waals surface area contributed by atoms with Gasteiger partial charge in [-0.25, -0.2) is 8.42 Å². The predicted octanol–water partition coefficient (Wildman–Crippen LogP) is 5.47. The van der Waals surface area contributed by atoms with Crippen molar-refractivity contribution in [3.8, 4) is 17.3 Å². The first kappa shape index (κ1) is 22.4. The normalized spacial score (nSPS) is 11.7. The van der Waals surface area contributed by atoms with Crippen LogP contribution in [0.3, 0.4) is 0 Å². The smallest absolute Gasteiger partial charge is 0.264 e. The van der Waals surface area contributed by atoms with Crippen LogP contribution < -0.4 is 4.31 Å². The Morgan fingerprint density at radius 1 is 1.10 bits per heavy atom. The van der Waals surface area contributed by atoms with Gasteiger partial charge < -0.3 is 4.57 Å². The molecule has 0 spiro atoms. The van der Waals surface area contributed by atoms with Gasteiger partial charge in [-0.3, -0.25) is 4.31 Å². The first-order valence-corrected chi connectivity index (χ1v) is 11.5. The van der Waals surface area contributed by atoms with E-state index in [1.807, 2.05) is 62.6 Å². The zero-order chi connectivity index (χ0) is 22.8.